The van der Waals surface area contributed by atoms with Crippen molar-refractivity contribution in [3.63, 3.8) is 0 Å². The molecule has 1 saturated heterocycles. The van der Waals surface area contributed by atoms with Crippen LogP contribution in [0.3, 0.4) is 0 Å². The molecule has 0 aliphatic carbocycles. The van der Waals surface area contributed by atoms with Gasteiger partial charge in [0.2, 0.25) is 0 Å². The summed E-state index contributed by atoms with van der Waals surface area (Å²) in [6.07, 6.45) is 4.54. The molecule has 0 N–H and O–H groups in total. The lowest BCUT2D eigenvalue weighted by Gasteiger charge is -2.33. The molecule has 1 aliphatic rings. The summed E-state index contributed by atoms with van der Waals surface area (Å²) < 4.78 is 2.39. The Morgan fingerprint density at radius 2 is 1.60 bits per heavy atom. The van der Waals surface area contributed by atoms with Gasteiger partial charge in [-0.1, -0.05) is 20.8 Å². The minimum atomic E-state index is 0.0965. The summed E-state index contributed by atoms with van der Waals surface area (Å²) in [5.41, 5.74) is 3.02. The fourth-order valence-corrected chi connectivity index (χ4v) is 3.20. The summed E-state index contributed by atoms with van der Waals surface area (Å²) in [5.74, 6) is 0.629. The van der Waals surface area contributed by atoms with Gasteiger partial charge in [0.15, 0.2) is 0 Å². The molecule has 0 radical (unpaired) electrons. The maximum absolute atomic E-state index is 4.84. The van der Waals surface area contributed by atoms with Crippen LogP contribution in [0.15, 0.2) is 6.33 Å². The van der Waals surface area contributed by atoms with Crippen LogP contribution in [0.2, 0.25) is 0 Å². The quantitative estimate of drug-likeness (QED) is 0.779. The smallest absolute Gasteiger partial charge is 0.0956 e. The molecule has 1 aromatic heterocycles. The molecule has 0 aromatic carbocycles. The average Bonchev–Trinajstić information content (AvgIpc) is 2.73. The average molecular weight is 277 g/mol. The summed E-state index contributed by atoms with van der Waals surface area (Å²) in [6, 6.07) is 0. The normalized spacial score (nSPS) is 19.6. The lowest BCUT2D eigenvalue weighted by atomic mass is 9.83. The fraction of sp³-hybridized carbons (Fsp3) is 0.824. The Morgan fingerprint density at radius 3 is 2.05 bits per heavy atom. The molecule has 0 spiro atoms. The first kappa shape index (κ1) is 15.6. The molecule has 1 aliphatic heterocycles. The van der Waals surface area contributed by atoms with E-state index in [0.717, 1.165) is 0 Å². The summed E-state index contributed by atoms with van der Waals surface area (Å²) in [6.45, 7) is 16.1. The summed E-state index contributed by atoms with van der Waals surface area (Å²) in [4.78, 5) is 7.27. The second-order valence-corrected chi connectivity index (χ2v) is 8.35. The van der Waals surface area contributed by atoms with Gasteiger partial charge < -0.3 is 9.47 Å². The molecule has 1 fully saturated rings. The molecule has 3 nitrogen and oxygen atoms in total. The largest absolute Gasteiger partial charge is 0.328 e. The predicted molar refractivity (Wildman–Crippen MR) is 85.4 cm³/mol. The van der Waals surface area contributed by atoms with Crippen molar-refractivity contribution in [2.24, 2.45) is 0 Å². The maximum Gasteiger partial charge on any atom is 0.0956 e. The Balaban J connectivity index is 2.41. The molecule has 0 unspecified atom stereocenters. The highest BCUT2D eigenvalue weighted by molar-refractivity contribution is 5.27. The minimum absolute atomic E-state index is 0.0965. The SMILES string of the molecule is CN1CCC(c2ncn(C(C)(C)C)c2C(C)(C)C)CC1. The summed E-state index contributed by atoms with van der Waals surface area (Å²) in [5, 5.41) is 0. The van der Waals surface area contributed by atoms with E-state index in [9.17, 15) is 0 Å². The van der Waals surface area contributed by atoms with E-state index in [1.54, 1.807) is 0 Å². The maximum atomic E-state index is 4.84. The van der Waals surface area contributed by atoms with Crippen LogP contribution in [0.1, 0.15) is 71.7 Å². The van der Waals surface area contributed by atoms with Crippen molar-refractivity contribution >= 4 is 0 Å². The zero-order chi connectivity index (χ0) is 15.1. The van der Waals surface area contributed by atoms with Gasteiger partial charge in [0.05, 0.1) is 12.0 Å². The molecule has 0 atom stereocenters. The Kier molecular flexibility index (Phi) is 4.03. The van der Waals surface area contributed by atoms with Crippen LogP contribution in [-0.4, -0.2) is 34.6 Å². The van der Waals surface area contributed by atoms with E-state index in [-0.39, 0.29) is 11.0 Å². The van der Waals surface area contributed by atoms with Crippen molar-refractivity contribution in [3.05, 3.63) is 17.7 Å². The third-order valence-corrected chi connectivity index (χ3v) is 4.33. The van der Waals surface area contributed by atoms with Crippen LogP contribution in [0.25, 0.3) is 0 Å². The van der Waals surface area contributed by atoms with Gasteiger partial charge in [-0.05, 0) is 53.8 Å². The van der Waals surface area contributed by atoms with Crippen LogP contribution in [0, 0.1) is 0 Å². The van der Waals surface area contributed by atoms with Crippen LogP contribution in [0.5, 0.6) is 0 Å². The molecular formula is C17H31N3. The molecule has 0 amide bonds. The second-order valence-electron chi connectivity index (χ2n) is 8.35. The van der Waals surface area contributed by atoms with Crippen molar-refractivity contribution < 1.29 is 0 Å². The van der Waals surface area contributed by atoms with E-state index in [1.807, 2.05) is 0 Å². The van der Waals surface area contributed by atoms with Crippen molar-refractivity contribution in [1.29, 1.82) is 0 Å². The van der Waals surface area contributed by atoms with Crippen LogP contribution < -0.4 is 0 Å². The third kappa shape index (κ3) is 3.08. The van der Waals surface area contributed by atoms with E-state index in [2.05, 4.69) is 64.4 Å². The van der Waals surface area contributed by atoms with Crippen molar-refractivity contribution in [1.82, 2.24) is 14.5 Å². The second kappa shape index (κ2) is 5.18. The van der Waals surface area contributed by atoms with Crippen LogP contribution in [-0.2, 0) is 11.0 Å². The minimum Gasteiger partial charge on any atom is -0.328 e. The first-order valence-electron chi connectivity index (χ1n) is 7.87. The molecule has 0 bridgehead atoms. The van der Waals surface area contributed by atoms with Gasteiger partial charge >= 0.3 is 0 Å². The number of nitrogens with zero attached hydrogens (tertiary/aromatic N) is 3. The predicted octanol–water partition coefficient (Wildman–Crippen LogP) is 3.74. The fourth-order valence-electron chi connectivity index (χ4n) is 3.20. The van der Waals surface area contributed by atoms with Gasteiger partial charge in [0.1, 0.15) is 0 Å². The monoisotopic (exact) mass is 277 g/mol. The van der Waals surface area contributed by atoms with E-state index >= 15 is 0 Å². The molecule has 114 valence electrons. The zero-order valence-electron chi connectivity index (χ0n) is 14.3. The standard InChI is InChI=1S/C17H31N3/c1-16(2,3)15-14(13-8-10-19(7)11-9-13)18-12-20(15)17(4,5)6/h12-13H,8-11H2,1-7H3. The molecule has 1 aromatic rings. The number of hydrogen-bond donors (Lipinski definition) is 0. The lowest BCUT2D eigenvalue weighted by Crippen LogP contribution is -2.32. The topological polar surface area (TPSA) is 21.1 Å². The van der Waals surface area contributed by atoms with Gasteiger partial charge in [0.25, 0.3) is 0 Å². The number of piperidine rings is 1. The van der Waals surface area contributed by atoms with Crippen molar-refractivity contribution in [2.45, 2.75) is 71.3 Å². The highest BCUT2D eigenvalue weighted by Gasteiger charge is 2.32. The van der Waals surface area contributed by atoms with Crippen molar-refractivity contribution in [2.75, 3.05) is 20.1 Å². The van der Waals surface area contributed by atoms with Gasteiger partial charge in [0, 0.05) is 22.6 Å². The first-order valence-corrected chi connectivity index (χ1v) is 7.87. The van der Waals surface area contributed by atoms with Gasteiger partial charge in [-0.15, -0.1) is 0 Å². The Morgan fingerprint density at radius 1 is 1.05 bits per heavy atom. The highest BCUT2D eigenvalue weighted by Crippen LogP contribution is 2.37. The number of hydrogen-bond acceptors (Lipinski definition) is 2. The van der Waals surface area contributed by atoms with E-state index in [0.29, 0.717) is 5.92 Å². The Hall–Kier alpha value is -0.830. The Bertz CT molecular complexity index is 452. The third-order valence-electron chi connectivity index (χ3n) is 4.33. The van der Waals surface area contributed by atoms with E-state index < -0.39 is 0 Å². The van der Waals surface area contributed by atoms with E-state index in [4.69, 9.17) is 4.98 Å². The van der Waals surface area contributed by atoms with E-state index in [1.165, 1.54) is 37.3 Å². The summed E-state index contributed by atoms with van der Waals surface area (Å²) in [7, 11) is 2.22. The number of likely N-dealkylation sites (tertiary alicyclic amines) is 1. The lowest BCUT2D eigenvalue weighted by molar-refractivity contribution is 0.251. The molecule has 3 heteroatoms. The number of aromatic nitrogens is 2. The molecule has 0 saturated carbocycles. The first-order chi connectivity index (χ1) is 9.10. The Labute approximate surface area is 124 Å². The molecular weight excluding hydrogens is 246 g/mol. The van der Waals surface area contributed by atoms with Gasteiger partial charge in [-0.25, -0.2) is 4.98 Å². The van der Waals surface area contributed by atoms with Gasteiger partial charge in [-0.3, -0.25) is 0 Å². The van der Waals surface area contributed by atoms with Crippen LogP contribution >= 0.6 is 0 Å². The van der Waals surface area contributed by atoms with Crippen molar-refractivity contribution in [3.8, 4) is 0 Å². The summed E-state index contributed by atoms with van der Waals surface area (Å²) >= 11 is 0. The highest BCUT2D eigenvalue weighted by atomic mass is 15.1. The number of imidazole rings is 1. The van der Waals surface area contributed by atoms with Gasteiger partial charge in [-0.2, -0.15) is 0 Å². The zero-order valence-corrected chi connectivity index (χ0v) is 14.3. The number of rotatable bonds is 1. The molecule has 2 rings (SSSR count). The molecule has 2 heterocycles. The molecule has 20 heavy (non-hydrogen) atoms. The van der Waals surface area contributed by atoms with Crippen LogP contribution in [0.4, 0.5) is 0 Å².